The number of aromatic nitrogens is 3. The average Bonchev–Trinajstić information content (AvgIpc) is 2.75. The van der Waals surface area contributed by atoms with Crippen molar-refractivity contribution in [1.82, 2.24) is 15.4 Å². The molecule has 4 heteroatoms. The summed E-state index contributed by atoms with van der Waals surface area (Å²) >= 11 is 0. The number of rotatable bonds is 5. The summed E-state index contributed by atoms with van der Waals surface area (Å²) in [5, 5.41) is 10.6. The van der Waals surface area contributed by atoms with E-state index in [1.54, 1.807) is 0 Å². The summed E-state index contributed by atoms with van der Waals surface area (Å²) in [7, 11) is 0. The van der Waals surface area contributed by atoms with Gasteiger partial charge in [0.15, 0.2) is 0 Å². The number of aromatic amines is 1. The quantitative estimate of drug-likeness (QED) is 0.837. The van der Waals surface area contributed by atoms with Crippen molar-refractivity contribution < 1.29 is 4.74 Å². The van der Waals surface area contributed by atoms with Gasteiger partial charge >= 0.3 is 0 Å². The molecule has 0 aliphatic heterocycles. The lowest BCUT2D eigenvalue weighted by molar-refractivity contribution is 0.455. The van der Waals surface area contributed by atoms with E-state index >= 15 is 0 Å². The molecule has 2 aromatic rings. The Morgan fingerprint density at radius 1 is 1.25 bits per heavy atom. The maximum Gasteiger partial charge on any atom is 0.238 e. The highest BCUT2D eigenvalue weighted by molar-refractivity contribution is 5.28. The third kappa shape index (κ3) is 2.59. The Labute approximate surface area is 94.6 Å². The number of nitrogens with zero attached hydrogens (tertiary/aromatic N) is 2. The van der Waals surface area contributed by atoms with Crippen molar-refractivity contribution in [3.63, 3.8) is 0 Å². The summed E-state index contributed by atoms with van der Waals surface area (Å²) < 4.78 is 5.67. The number of unbranched alkanes of at least 4 members (excludes halogenated alkanes) is 1. The molecule has 1 aromatic carbocycles. The van der Waals surface area contributed by atoms with Gasteiger partial charge in [-0.1, -0.05) is 36.8 Å². The van der Waals surface area contributed by atoms with E-state index in [2.05, 4.69) is 22.3 Å². The summed E-state index contributed by atoms with van der Waals surface area (Å²) in [5.74, 6) is 1.45. The van der Waals surface area contributed by atoms with Crippen LogP contribution in [0.4, 0.5) is 0 Å². The predicted octanol–water partition coefficient (Wildman–Crippen LogP) is 2.94. The monoisotopic (exact) mass is 217 g/mol. The number of benzene rings is 1. The van der Waals surface area contributed by atoms with Gasteiger partial charge in [0.25, 0.3) is 0 Å². The van der Waals surface area contributed by atoms with E-state index in [1.807, 2.05) is 30.3 Å². The number of aryl methyl sites for hydroxylation is 1. The first-order valence-corrected chi connectivity index (χ1v) is 5.53. The number of hydrogen-bond donors (Lipinski definition) is 1. The fraction of sp³-hybridized carbons (Fsp3) is 0.333. The van der Waals surface area contributed by atoms with Crippen molar-refractivity contribution in [2.45, 2.75) is 26.2 Å². The molecule has 0 atom stereocenters. The topological polar surface area (TPSA) is 50.8 Å². The van der Waals surface area contributed by atoms with E-state index in [1.165, 1.54) is 0 Å². The molecule has 1 N–H and O–H groups in total. The van der Waals surface area contributed by atoms with Crippen molar-refractivity contribution in [3.8, 4) is 11.6 Å². The lowest BCUT2D eigenvalue weighted by atomic mass is 10.2. The predicted molar refractivity (Wildman–Crippen MR) is 61.5 cm³/mol. The lowest BCUT2D eigenvalue weighted by Gasteiger charge is -2.03. The van der Waals surface area contributed by atoms with Crippen molar-refractivity contribution in [2.75, 3.05) is 0 Å². The molecule has 0 aliphatic rings. The zero-order valence-electron chi connectivity index (χ0n) is 9.31. The largest absolute Gasteiger partial charge is 0.438 e. The SMILES string of the molecule is CCCCc1nn[nH]c1Oc1ccccc1. The van der Waals surface area contributed by atoms with Crippen LogP contribution in [0.3, 0.4) is 0 Å². The van der Waals surface area contributed by atoms with Gasteiger partial charge in [0.05, 0.1) is 0 Å². The molecule has 0 saturated heterocycles. The molecule has 0 saturated carbocycles. The van der Waals surface area contributed by atoms with Gasteiger partial charge in [0.1, 0.15) is 11.4 Å². The molecule has 0 amide bonds. The summed E-state index contributed by atoms with van der Waals surface area (Å²) in [6, 6.07) is 9.64. The Hall–Kier alpha value is -1.84. The number of hydrogen-bond acceptors (Lipinski definition) is 3. The van der Waals surface area contributed by atoms with E-state index in [0.29, 0.717) is 5.88 Å². The van der Waals surface area contributed by atoms with Crippen molar-refractivity contribution >= 4 is 0 Å². The zero-order valence-corrected chi connectivity index (χ0v) is 9.31. The molecular formula is C12H15N3O. The molecule has 0 fully saturated rings. The van der Waals surface area contributed by atoms with Gasteiger partial charge in [0.2, 0.25) is 5.88 Å². The molecule has 0 aliphatic carbocycles. The maximum atomic E-state index is 5.67. The van der Waals surface area contributed by atoms with Crippen LogP contribution in [0.15, 0.2) is 30.3 Å². The van der Waals surface area contributed by atoms with Crippen molar-refractivity contribution in [2.24, 2.45) is 0 Å². The van der Waals surface area contributed by atoms with Gasteiger partial charge in [-0.25, -0.2) is 5.10 Å². The summed E-state index contributed by atoms with van der Waals surface area (Å²) in [6.45, 7) is 2.15. The van der Waals surface area contributed by atoms with Gasteiger partial charge in [-0.2, -0.15) is 0 Å². The second-order valence-corrected chi connectivity index (χ2v) is 3.61. The summed E-state index contributed by atoms with van der Waals surface area (Å²) in [4.78, 5) is 0. The Morgan fingerprint density at radius 3 is 2.81 bits per heavy atom. The van der Waals surface area contributed by atoms with Crippen LogP contribution in [0.5, 0.6) is 11.6 Å². The van der Waals surface area contributed by atoms with Crippen LogP contribution in [0.1, 0.15) is 25.5 Å². The van der Waals surface area contributed by atoms with E-state index < -0.39 is 0 Å². The molecule has 0 radical (unpaired) electrons. The van der Waals surface area contributed by atoms with E-state index in [9.17, 15) is 0 Å². The number of ether oxygens (including phenoxy) is 1. The van der Waals surface area contributed by atoms with Crippen molar-refractivity contribution in [1.29, 1.82) is 0 Å². The first-order chi connectivity index (χ1) is 7.90. The highest BCUT2D eigenvalue weighted by atomic mass is 16.5. The molecular weight excluding hydrogens is 202 g/mol. The Morgan fingerprint density at radius 2 is 2.06 bits per heavy atom. The van der Waals surface area contributed by atoms with Crippen LogP contribution < -0.4 is 4.74 Å². The molecule has 84 valence electrons. The molecule has 2 rings (SSSR count). The van der Waals surface area contributed by atoms with E-state index in [4.69, 9.17) is 4.74 Å². The van der Waals surface area contributed by atoms with Gasteiger partial charge < -0.3 is 4.74 Å². The average molecular weight is 217 g/mol. The zero-order chi connectivity index (χ0) is 11.2. The van der Waals surface area contributed by atoms with E-state index in [-0.39, 0.29) is 0 Å². The van der Waals surface area contributed by atoms with E-state index in [0.717, 1.165) is 30.7 Å². The normalized spacial score (nSPS) is 10.3. The minimum Gasteiger partial charge on any atom is -0.438 e. The second-order valence-electron chi connectivity index (χ2n) is 3.61. The van der Waals surface area contributed by atoms with Crippen LogP contribution >= 0.6 is 0 Å². The fourth-order valence-electron chi connectivity index (χ4n) is 1.44. The minimum atomic E-state index is 0.652. The Balaban J connectivity index is 2.07. The van der Waals surface area contributed by atoms with Gasteiger partial charge in [-0.05, 0) is 25.0 Å². The fourth-order valence-corrected chi connectivity index (χ4v) is 1.44. The van der Waals surface area contributed by atoms with Crippen LogP contribution in [0, 0.1) is 0 Å². The first-order valence-electron chi connectivity index (χ1n) is 5.53. The molecule has 0 unspecified atom stereocenters. The summed E-state index contributed by atoms with van der Waals surface area (Å²) in [6.07, 6.45) is 3.13. The van der Waals surface area contributed by atoms with Crippen molar-refractivity contribution in [3.05, 3.63) is 36.0 Å². The molecule has 4 nitrogen and oxygen atoms in total. The number of para-hydroxylation sites is 1. The first kappa shape index (κ1) is 10.7. The second kappa shape index (κ2) is 5.30. The smallest absolute Gasteiger partial charge is 0.238 e. The summed E-state index contributed by atoms with van der Waals surface area (Å²) in [5.41, 5.74) is 0.894. The molecule has 0 spiro atoms. The third-order valence-corrected chi connectivity index (χ3v) is 2.31. The molecule has 0 bridgehead atoms. The third-order valence-electron chi connectivity index (χ3n) is 2.31. The highest BCUT2D eigenvalue weighted by Crippen LogP contribution is 2.21. The minimum absolute atomic E-state index is 0.652. The molecule has 1 aromatic heterocycles. The van der Waals surface area contributed by atoms with Crippen LogP contribution in [-0.2, 0) is 6.42 Å². The van der Waals surface area contributed by atoms with Gasteiger partial charge in [0, 0.05) is 0 Å². The Kier molecular flexibility index (Phi) is 3.53. The maximum absolute atomic E-state index is 5.67. The van der Waals surface area contributed by atoms with Gasteiger partial charge in [-0.3, -0.25) is 0 Å². The number of nitrogens with one attached hydrogen (secondary N) is 1. The van der Waals surface area contributed by atoms with Crippen LogP contribution in [-0.4, -0.2) is 15.4 Å². The standard InChI is InChI=1S/C12H15N3O/c1-2-3-9-11-12(14-15-13-11)16-10-7-5-4-6-8-10/h4-8H,2-3,9H2,1H3,(H,13,14,15). The van der Waals surface area contributed by atoms with Crippen LogP contribution in [0.25, 0.3) is 0 Å². The highest BCUT2D eigenvalue weighted by Gasteiger charge is 2.08. The number of H-pyrrole nitrogens is 1. The molecule has 16 heavy (non-hydrogen) atoms. The lowest BCUT2D eigenvalue weighted by Crippen LogP contribution is -1.91. The Bertz CT molecular complexity index is 425. The van der Waals surface area contributed by atoms with Crippen LogP contribution in [0.2, 0.25) is 0 Å². The molecule has 1 heterocycles. The van der Waals surface area contributed by atoms with Gasteiger partial charge in [-0.15, -0.1) is 5.10 Å².